The Kier molecular flexibility index (Phi) is 7.25. The van der Waals surface area contributed by atoms with Crippen molar-refractivity contribution in [2.75, 3.05) is 19.6 Å². The summed E-state index contributed by atoms with van der Waals surface area (Å²) >= 11 is 0. The summed E-state index contributed by atoms with van der Waals surface area (Å²) in [5.74, 6) is 1.73. The summed E-state index contributed by atoms with van der Waals surface area (Å²) in [6.07, 6.45) is 0.165. The van der Waals surface area contributed by atoms with Crippen molar-refractivity contribution < 1.29 is 14.3 Å². The van der Waals surface area contributed by atoms with Gasteiger partial charge in [-0.1, -0.05) is 44.2 Å². The van der Waals surface area contributed by atoms with Gasteiger partial charge >= 0.3 is 0 Å². The minimum Gasteiger partial charge on any atom is -0.457 e. The standard InChI is InChI=1S/C23H29N3O3/c1-17(2)15-25-22(27)14-21-23(28)24-11-12-26(21)16-18-7-6-10-20(13-18)29-19-8-4-3-5-9-19/h3-10,13,17,21H,11-12,14-16H2,1-2H3,(H,24,28)(H,25,27)/t21-/m1/s1. The van der Waals surface area contributed by atoms with Crippen LogP contribution in [-0.4, -0.2) is 42.4 Å². The molecule has 1 aliphatic rings. The van der Waals surface area contributed by atoms with Gasteiger partial charge in [-0.3, -0.25) is 14.5 Å². The molecule has 154 valence electrons. The van der Waals surface area contributed by atoms with Crippen LogP contribution < -0.4 is 15.4 Å². The van der Waals surface area contributed by atoms with E-state index in [1.54, 1.807) is 0 Å². The number of piperazine rings is 1. The van der Waals surface area contributed by atoms with Gasteiger partial charge in [0.2, 0.25) is 11.8 Å². The predicted octanol–water partition coefficient (Wildman–Crippen LogP) is 2.94. The van der Waals surface area contributed by atoms with E-state index < -0.39 is 6.04 Å². The number of nitrogens with zero attached hydrogens (tertiary/aromatic N) is 1. The fourth-order valence-electron chi connectivity index (χ4n) is 3.31. The first-order chi connectivity index (χ1) is 14.0. The van der Waals surface area contributed by atoms with Crippen molar-refractivity contribution in [3.63, 3.8) is 0 Å². The molecule has 0 aromatic heterocycles. The van der Waals surface area contributed by atoms with Gasteiger partial charge in [0.15, 0.2) is 0 Å². The lowest BCUT2D eigenvalue weighted by molar-refractivity contribution is -0.134. The van der Waals surface area contributed by atoms with Crippen LogP contribution >= 0.6 is 0 Å². The van der Waals surface area contributed by atoms with Crippen LogP contribution in [0.2, 0.25) is 0 Å². The van der Waals surface area contributed by atoms with Gasteiger partial charge in [-0.25, -0.2) is 0 Å². The van der Waals surface area contributed by atoms with Crippen LogP contribution in [0.5, 0.6) is 11.5 Å². The minimum atomic E-state index is -0.463. The molecule has 0 bridgehead atoms. The Balaban J connectivity index is 1.65. The maximum Gasteiger partial charge on any atom is 0.237 e. The highest BCUT2D eigenvalue weighted by molar-refractivity contribution is 5.88. The quantitative estimate of drug-likeness (QED) is 0.721. The molecule has 6 heteroatoms. The first-order valence-corrected chi connectivity index (χ1v) is 10.1. The number of para-hydroxylation sites is 1. The third-order valence-corrected chi connectivity index (χ3v) is 4.79. The van der Waals surface area contributed by atoms with Gasteiger partial charge in [-0.2, -0.15) is 0 Å². The molecule has 2 aromatic carbocycles. The van der Waals surface area contributed by atoms with Crippen LogP contribution in [0, 0.1) is 5.92 Å². The van der Waals surface area contributed by atoms with Crippen molar-refractivity contribution in [1.82, 2.24) is 15.5 Å². The summed E-state index contributed by atoms with van der Waals surface area (Å²) in [5, 5.41) is 5.78. The lowest BCUT2D eigenvalue weighted by Crippen LogP contribution is -2.56. The summed E-state index contributed by atoms with van der Waals surface area (Å²) in [4.78, 5) is 26.8. The molecule has 2 amide bonds. The van der Waals surface area contributed by atoms with Crippen molar-refractivity contribution in [1.29, 1.82) is 0 Å². The highest BCUT2D eigenvalue weighted by Gasteiger charge is 2.31. The fraction of sp³-hybridized carbons (Fsp3) is 0.391. The van der Waals surface area contributed by atoms with Crippen LogP contribution in [-0.2, 0) is 16.1 Å². The molecule has 6 nitrogen and oxygen atoms in total. The minimum absolute atomic E-state index is 0.0902. The second-order valence-corrected chi connectivity index (χ2v) is 7.74. The smallest absolute Gasteiger partial charge is 0.237 e. The predicted molar refractivity (Wildman–Crippen MR) is 113 cm³/mol. The summed E-state index contributed by atoms with van der Waals surface area (Å²) < 4.78 is 5.91. The monoisotopic (exact) mass is 395 g/mol. The van der Waals surface area contributed by atoms with Crippen LogP contribution in [0.1, 0.15) is 25.8 Å². The van der Waals surface area contributed by atoms with Crippen molar-refractivity contribution in [3.8, 4) is 11.5 Å². The lowest BCUT2D eigenvalue weighted by atomic mass is 10.1. The Morgan fingerprint density at radius 2 is 1.93 bits per heavy atom. The van der Waals surface area contributed by atoms with Gasteiger partial charge in [0, 0.05) is 26.2 Å². The van der Waals surface area contributed by atoms with Crippen molar-refractivity contribution >= 4 is 11.8 Å². The van der Waals surface area contributed by atoms with E-state index in [2.05, 4.69) is 15.5 Å². The van der Waals surface area contributed by atoms with E-state index in [-0.39, 0.29) is 18.2 Å². The second-order valence-electron chi connectivity index (χ2n) is 7.74. The normalized spacial score (nSPS) is 17.1. The molecule has 2 aromatic rings. The Hall–Kier alpha value is -2.86. The van der Waals surface area contributed by atoms with Crippen LogP contribution in [0.3, 0.4) is 0 Å². The van der Waals surface area contributed by atoms with E-state index in [0.717, 1.165) is 17.1 Å². The number of hydrogen-bond acceptors (Lipinski definition) is 4. The zero-order valence-corrected chi connectivity index (χ0v) is 17.1. The average Bonchev–Trinajstić information content (AvgIpc) is 2.70. The number of ether oxygens (including phenoxy) is 1. The summed E-state index contributed by atoms with van der Waals surface area (Å²) in [5.41, 5.74) is 1.04. The van der Waals surface area contributed by atoms with Gasteiger partial charge in [0.25, 0.3) is 0 Å². The van der Waals surface area contributed by atoms with E-state index in [1.807, 2.05) is 68.4 Å². The van der Waals surface area contributed by atoms with Crippen molar-refractivity contribution in [3.05, 3.63) is 60.2 Å². The van der Waals surface area contributed by atoms with Crippen molar-refractivity contribution in [2.45, 2.75) is 32.9 Å². The number of carbonyl (C=O) groups is 2. The van der Waals surface area contributed by atoms with E-state index in [4.69, 9.17) is 4.74 Å². The van der Waals surface area contributed by atoms with E-state index in [0.29, 0.717) is 32.1 Å². The van der Waals surface area contributed by atoms with Crippen LogP contribution in [0.4, 0.5) is 0 Å². The molecular formula is C23H29N3O3. The van der Waals surface area contributed by atoms with Crippen LogP contribution in [0.25, 0.3) is 0 Å². The highest BCUT2D eigenvalue weighted by atomic mass is 16.5. The van der Waals surface area contributed by atoms with Gasteiger partial charge < -0.3 is 15.4 Å². The topological polar surface area (TPSA) is 70.7 Å². The largest absolute Gasteiger partial charge is 0.457 e. The molecule has 1 heterocycles. The summed E-state index contributed by atoms with van der Waals surface area (Å²) in [7, 11) is 0. The lowest BCUT2D eigenvalue weighted by Gasteiger charge is -2.34. The number of carbonyl (C=O) groups excluding carboxylic acids is 2. The van der Waals surface area contributed by atoms with E-state index in [9.17, 15) is 9.59 Å². The molecule has 1 atom stereocenters. The van der Waals surface area contributed by atoms with Gasteiger partial charge in [0.05, 0.1) is 12.5 Å². The number of rotatable bonds is 8. The number of nitrogens with one attached hydrogen (secondary N) is 2. The highest BCUT2D eigenvalue weighted by Crippen LogP contribution is 2.23. The van der Waals surface area contributed by atoms with Crippen LogP contribution in [0.15, 0.2) is 54.6 Å². The number of benzene rings is 2. The molecule has 2 N–H and O–H groups in total. The van der Waals surface area contributed by atoms with Gasteiger partial charge in [-0.15, -0.1) is 0 Å². The molecule has 0 spiro atoms. The third-order valence-electron chi connectivity index (χ3n) is 4.79. The molecule has 0 unspecified atom stereocenters. The maximum absolute atomic E-state index is 12.4. The Morgan fingerprint density at radius 3 is 2.69 bits per heavy atom. The molecule has 29 heavy (non-hydrogen) atoms. The molecule has 1 saturated heterocycles. The number of amides is 2. The Bertz CT molecular complexity index is 823. The zero-order chi connectivity index (χ0) is 20.6. The number of hydrogen-bond donors (Lipinski definition) is 2. The molecule has 1 fully saturated rings. The second kappa shape index (κ2) is 10.1. The van der Waals surface area contributed by atoms with Gasteiger partial charge in [0.1, 0.15) is 11.5 Å². The molecular weight excluding hydrogens is 366 g/mol. The summed E-state index contributed by atoms with van der Waals surface area (Å²) in [6.45, 7) is 6.59. The molecule has 1 aliphatic heterocycles. The average molecular weight is 396 g/mol. The molecule has 0 saturated carbocycles. The molecule has 0 aliphatic carbocycles. The Morgan fingerprint density at radius 1 is 1.17 bits per heavy atom. The molecule has 3 rings (SSSR count). The van der Waals surface area contributed by atoms with Crippen molar-refractivity contribution in [2.24, 2.45) is 5.92 Å². The third kappa shape index (κ3) is 6.32. The molecule has 0 radical (unpaired) electrons. The fourth-order valence-corrected chi connectivity index (χ4v) is 3.31. The van der Waals surface area contributed by atoms with Gasteiger partial charge in [-0.05, 0) is 35.7 Å². The maximum atomic E-state index is 12.4. The first kappa shape index (κ1) is 20.9. The first-order valence-electron chi connectivity index (χ1n) is 10.1. The summed E-state index contributed by atoms with van der Waals surface area (Å²) in [6, 6.07) is 17.0. The SMILES string of the molecule is CC(C)CNC(=O)C[C@@H]1C(=O)NCCN1Cc1cccc(Oc2ccccc2)c1. The van der Waals surface area contributed by atoms with E-state index in [1.165, 1.54) is 0 Å². The Labute approximate surface area is 172 Å². The van der Waals surface area contributed by atoms with E-state index >= 15 is 0 Å². The zero-order valence-electron chi connectivity index (χ0n) is 17.1.